The molecule has 4 aromatic carbocycles. The van der Waals surface area contributed by atoms with E-state index in [4.69, 9.17) is 16.6 Å². The Balaban J connectivity index is 1.25. The maximum atomic E-state index is 13.6. The van der Waals surface area contributed by atoms with Gasteiger partial charge in [-0.05, 0) is 59.9 Å². The predicted molar refractivity (Wildman–Crippen MR) is 164 cm³/mol. The van der Waals surface area contributed by atoms with Crippen LogP contribution in [0.4, 0.5) is 0 Å². The zero-order chi connectivity index (χ0) is 27.3. The van der Waals surface area contributed by atoms with E-state index in [0.29, 0.717) is 24.5 Å². The first kappa shape index (κ1) is 25.8. The number of fused-ring (bicyclic) bond motifs is 2. The lowest BCUT2D eigenvalue weighted by Gasteiger charge is -2.23. The highest BCUT2D eigenvalue weighted by Crippen LogP contribution is 2.33. The van der Waals surface area contributed by atoms with Crippen molar-refractivity contribution in [1.82, 2.24) is 14.9 Å². The summed E-state index contributed by atoms with van der Waals surface area (Å²) in [5.74, 6) is 0.149. The van der Waals surface area contributed by atoms with Crippen molar-refractivity contribution in [3.8, 4) is 11.4 Å². The van der Waals surface area contributed by atoms with Crippen LogP contribution in [0.3, 0.4) is 0 Å². The van der Waals surface area contributed by atoms with E-state index in [-0.39, 0.29) is 5.91 Å². The molecule has 198 valence electrons. The van der Waals surface area contributed by atoms with Crippen LogP contribution in [0.2, 0.25) is 5.02 Å². The Hall–Kier alpha value is -4.41. The molecule has 0 bridgehead atoms. The van der Waals surface area contributed by atoms with E-state index in [9.17, 15) is 4.79 Å². The van der Waals surface area contributed by atoms with Gasteiger partial charge in [0.2, 0.25) is 5.91 Å². The molecule has 4 nitrogen and oxygen atoms in total. The van der Waals surface area contributed by atoms with Gasteiger partial charge in [0.1, 0.15) is 0 Å². The molecule has 0 radical (unpaired) electrons. The monoisotopic (exact) mass is 543 g/mol. The van der Waals surface area contributed by atoms with Crippen molar-refractivity contribution in [2.45, 2.75) is 32.4 Å². The predicted octanol–water partition coefficient (Wildman–Crippen LogP) is 8.59. The molecule has 2 aromatic heterocycles. The number of nitrogens with one attached hydrogen (secondary N) is 1. The number of aryl methyl sites for hydroxylation is 1. The molecule has 40 heavy (non-hydrogen) atoms. The fourth-order valence-corrected chi connectivity index (χ4v) is 5.49. The lowest BCUT2D eigenvalue weighted by atomic mass is 10.0. The number of rotatable bonds is 9. The number of aromatic amines is 1. The van der Waals surface area contributed by atoms with E-state index >= 15 is 0 Å². The molecule has 5 heteroatoms. The minimum atomic E-state index is 0.149. The quantitative estimate of drug-likeness (QED) is 0.198. The van der Waals surface area contributed by atoms with Crippen molar-refractivity contribution in [3.63, 3.8) is 0 Å². The second-order valence-electron chi connectivity index (χ2n) is 10.1. The average molecular weight is 544 g/mol. The van der Waals surface area contributed by atoms with Crippen LogP contribution in [0.1, 0.15) is 29.5 Å². The molecule has 0 aliphatic rings. The largest absolute Gasteiger partial charge is 0.353 e. The first-order valence-corrected chi connectivity index (χ1v) is 14.0. The molecule has 1 amide bonds. The second-order valence-corrected chi connectivity index (χ2v) is 10.6. The van der Waals surface area contributed by atoms with Crippen molar-refractivity contribution in [3.05, 3.63) is 137 Å². The lowest BCUT2D eigenvalue weighted by Crippen LogP contribution is -2.30. The average Bonchev–Trinajstić information content (AvgIpc) is 3.35. The molecule has 6 aromatic rings. The number of halogens is 1. The molecule has 0 aliphatic heterocycles. The van der Waals surface area contributed by atoms with Crippen LogP contribution in [-0.4, -0.2) is 20.8 Å². The number of hydrogen-bond donors (Lipinski definition) is 1. The molecule has 0 unspecified atom stereocenters. The van der Waals surface area contributed by atoms with Crippen LogP contribution in [0.5, 0.6) is 0 Å². The number of hydrogen-bond acceptors (Lipinski definition) is 2. The number of nitrogens with zero attached hydrogens (tertiary/aromatic N) is 2. The van der Waals surface area contributed by atoms with E-state index in [2.05, 4.69) is 47.4 Å². The number of para-hydroxylation sites is 1. The summed E-state index contributed by atoms with van der Waals surface area (Å²) >= 11 is 6.41. The number of carbonyl (C=O) groups is 1. The van der Waals surface area contributed by atoms with Gasteiger partial charge in [0.25, 0.3) is 0 Å². The Bertz CT molecular complexity index is 1720. The first-order chi connectivity index (χ1) is 19.6. The van der Waals surface area contributed by atoms with Crippen molar-refractivity contribution in [2.24, 2.45) is 0 Å². The smallest absolute Gasteiger partial charge is 0.223 e. The maximum Gasteiger partial charge on any atom is 0.223 e. The van der Waals surface area contributed by atoms with Crippen LogP contribution in [0.15, 0.2) is 115 Å². The molecule has 0 aliphatic carbocycles. The van der Waals surface area contributed by atoms with Crippen molar-refractivity contribution >= 4 is 39.3 Å². The Morgan fingerprint density at radius 2 is 1.45 bits per heavy atom. The zero-order valence-corrected chi connectivity index (χ0v) is 22.9. The highest BCUT2D eigenvalue weighted by molar-refractivity contribution is 6.31. The highest BCUT2D eigenvalue weighted by Gasteiger charge is 2.18. The number of H-pyrrole nitrogens is 1. The third-order valence-corrected chi connectivity index (χ3v) is 7.56. The van der Waals surface area contributed by atoms with Gasteiger partial charge < -0.3 is 9.88 Å². The molecule has 1 N–H and O–H groups in total. The van der Waals surface area contributed by atoms with Gasteiger partial charge in [0, 0.05) is 40.8 Å². The van der Waals surface area contributed by atoms with Gasteiger partial charge >= 0.3 is 0 Å². The maximum absolute atomic E-state index is 13.6. The summed E-state index contributed by atoms with van der Waals surface area (Å²) in [6, 6.07) is 38.6. The molecule has 2 heterocycles. The summed E-state index contributed by atoms with van der Waals surface area (Å²) < 4.78 is 0. The van der Waals surface area contributed by atoms with Crippen molar-refractivity contribution in [1.29, 1.82) is 0 Å². The topological polar surface area (TPSA) is 49.0 Å². The number of amides is 1. The van der Waals surface area contributed by atoms with Gasteiger partial charge in [-0.15, -0.1) is 0 Å². The summed E-state index contributed by atoms with van der Waals surface area (Å²) in [7, 11) is 0. The molecule has 0 saturated carbocycles. The SMILES string of the molecule is O=C(CCCc1c(-c2ccc3ccccc3n2)[nH]c2ccc(Cl)cc12)N(Cc1ccccc1)Cc1ccccc1. The standard InChI is InChI=1S/C35H30ClN3O/c36-28-19-21-32-30(22-28)29(35(38-32)33-20-18-27-14-7-8-16-31(27)37-33)15-9-17-34(40)39(23-25-10-3-1-4-11-25)24-26-12-5-2-6-13-26/h1-8,10-14,16,18-22,38H,9,15,17,23-24H2. The number of aromatic nitrogens is 2. The number of benzene rings is 4. The van der Waals surface area contributed by atoms with Gasteiger partial charge in [-0.2, -0.15) is 0 Å². The van der Waals surface area contributed by atoms with E-state index < -0.39 is 0 Å². The minimum Gasteiger partial charge on any atom is -0.353 e. The molecule has 0 saturated heterocycles. The highest BCUT2D eigenvalue weighted by atomic mass is 35.5. The van der Waals surface area contributed by atoms with Crippen LogP contribution >= 0.6 is 11.6 Å². The zero-order valence-electron chi connectivity index (χ0n) is 22.2. The third-order valence-electron chi connectivity index (χ3n) is 7.33. The van der Waals surface area contributed by atoms with E-state index in [0.717, 1.165) is 62.7 Å². The lowest BCUT2D eigenvalue weighted by molar-refractivity contribution is -0.132. The second kappa shape index (κ2) is 11.8. The molecule has 0 spiro atoms. The summed E-state index contributed by atoms with van der Waals surface area (Å²) in [6.45, 7) is 1.17. The van der Waals surface area contributed by atoms with Crippen LogP contribution in [-0.2, 0) is 24.3 Å². The van der Waals surface area contributed by atoms with Gasteiger partial charge in [0.05, 0.1) is 16.9 Å². The molecule has 6 rings (SSSR count). The first-order valence-electron chi connectivity index (χ1n) is 13.7. The van der Waals surface area contributed by atoms with Gasteiger partial charge in [0.15, 0.2) is 0 Å². The van der Waals surface area contributed by atoms with Gasteiger partial charge in [-0.25, -0.2) is 4.98 Å². The van der Waals surface area contributed by atoms with Crippen molar-refractivity contribution < 1.29 is 4.79 Å². The van der Waals surface area contributed by atoms with Crippen LogP contribution in [0.25, 0.3) is 33.2 Å². The summed E-state index contributed by atoms with van der Waals surface area (Å²) in [5, 5.41) is 2.88. The van der Waals surface area contributed by atoms with E-state index in [1.165, 1.54) is 0 Å². The molecular weight excluding hydrogens is 514 g/mol. The van der Waals surface area contributed by atoms with Gasteiger partial charge in [-0.3, -0.25) is 4.79 Å². The molecular formula is C35H30ClN3O. The van der Waals surface area contributed by atoms with E-state index in [1.807, 2.05) is 77.7 Å². The van der Waals surface area contributed by atoms with Crippen LogP contribution < -0.4 is 0 Å². The summed E-state index contributed by atoms with van der Waals surface area (Å²) in [4.78, 5) is 24.1. The Kier molecular flexibility index (Phi) is 7.60. The van der Waals surface area contributed by atoms with Gasteiger partial charge in [-0.1, -0.05) is 96.5 Å². The molecule has 0 fully saturated rings. The fourth-order valence-electron chi connectivity index (χ4n) is 5.32. The Morgan fingerprint density at radius 1 is 0.775 bits per heavy atom. The fraction of sp³-hybridized carbons (Fsp3) is 0.143. The van der Waals surface area contributed by atoms with Crippen LogP contribution in [0, 0.1) is 0 Å². The molecule has 0 atom stereocenters. The van der Waals surface area contributed by atoms with Crippen molar-refractivity contribution in [2.75, 3.05) is 0 Å². The Morgan fingerprint density at radius 3 is 2.17 bits per heavy atom. The normalized spacial score (nSPS) is 11.2. The number of carbonyl (C=O) groups excluding carboxylic acids is 1. The minimum absolute atomic E-state index is 0.149. The summed E-state index contributed by atoms with van der Waals surface area (Å²) in [5.41, 5.74) is 7.25. The summed E-state index contributed by atoms with van der Waals surface area (Å²) in [6.07, 6.45) is 1.91. The Labute approximate surface area is 239 Å². The van der Waals surface area contributed by atoms with E-state index in [1.54, 1.807) is 0 Å². The number of pyridine rings is 1. The third kappa shape index (κ3) is 5.78.